The van der Waals surface area contributed by atoms with Crippen LogP contribution in [-0.4, -0.2) is 36.3 Å². The third-order valence-corrected chi connectivity index (χ3v) is 3.78. The van der Waals surface area contributed by atoms with Crippen molar-refractivity contribution in [3.63, 3.8) is 0 Å². The quantitative estimate of drug-likeness (QED) is 0.521. The van der Waals surface area contributed by atoms with Gasteiger partial charge >= 0.3 is 6.61 Å². The molecule has 10 heteroatoms. The highest BCUT2D eigenvalue weighted by molar-refractivity contribution is 6.30. The zero-order valence-electron chi connectivity index (χ0n) is 15.3. The molecule has 2 N–H and O–H groups in total. The molecule has 27 heavy (non-hydrogen) atoms. The zero-order valence-corrected chi connectivity index (χ0v) is 16.1. The van der Waals surface area contributed by atoms with E-state index in [1.165, 1.54) is 12.1 Å². The first-order valence-electron chi connectivity index (χ1n) is 8.39. The molecule has 0 fully saturated rings. The first-order chi connectivity index (χ1) is 12.9. The highest BCUT2D eigenvalue weighted by Gasteiger charge is 2.12. The fourth-order valence-electron chi connectivity index (χ4n) is 2.19. The number of ether oxygens (including phenoxy) is 1. The third kappa shape index (κ3) is 6.67. The Labute approximate surface area is 161 Å². The Bertz CT molecular complexity index is 768. The van der Waals surface area contributed by atoms with Crippen LogP contribution < -0.4 is 15.4 Å². The molecule has 0 saturated heterocycles. The molecule has 148 valence electrons. The first-order valence-corrected chi connectivity index (χ1v) is 8.77. The highest BCUT2D eigenvalue weighted by Crippen LogP contribution is 2.24. The number of nitrogens with one attached hydrogen (secondary N) is 2. The zero-order chi connectivity index (χ0) is 19.8. The van der Waals surface area contributed by atoms with E-state index in [1.807, 2.05) is 13.8 Å². The Morgan fingerprint density at radius 3 is 2.74 bits per heavy atom. The van der Waals surface area contributed by atoms with E-state index in [1.54, 1.807) is 13.1 Å². The second kappa shape index (κ2) is 10.1. The predicted molar refractivity (Wildman–Crippen MR) is 98.4 cm³/mol. The fourth-order valence-corrected chi connectivity index (χ4v) is 2.38. The predicted octanol–water partition coefficient (Wildman–Crippen LogP) is 3.36. The van der Waals surface area contributed by atoms with E-state index in [2.05, 4.69) is 30.5 Å². The number of rotatable bonds is 8. The number of hydrogen-bond donors (Lipinski definition) is 2. The monoisotopic (exact) mass is 401 g/mol. The van der Waals surface area contributed by atoms with Crippen LogP contribution in [0.3, 0.4) is 0 Å². The molecule has 0 aliphatic carbocycles. The van der Waals surface area contributed by atoms with E-state index in [9.17, 15) is 8.78 Å². The molecule has 1 aromatic heterocycles. The van der Waals surface area contributed by atoms with Crippen LogP contribution in [0.2, 0.25) is 5.02 Å². The van der Waals surface area contributed by atoms with Gasteiger partial charge in [-0.05, 0) is 18.2 Å². The van der Waals surface area contributed by atoms with Crippen molar-refractivity contribution in [2.24, 2.45) is 4.99 Å². The molecule has 0 bridgehead atoms. The lowest BCUT2D eigenvalue weighted by atomic mass is 10.2. The van der Waals surface area contributed by atoms with Crippen molar-refractivity contribution in [1.29, 1.82) is 0 Å². The fraction of sp³-hybridized carbons (Fsp3) is 0.471. The maximum atomic E-state index is 12.5. The molecular weight excluding hydrogens is 380 g/mol. The summed E-state index contributed by atoms with van der Waals surface area (Å²) in [5, 5.41) is 10.4. The molecule has 0 aliphatic rings. The molecule has 0 aliphatic heterocycles. The average Bonchev–Trinajstić information content (AvgIpc) is 3.09. The second-order valence-corrected chi connectivity index (χ2v) is 6.37. The summed E-state index contributed by atoms with van der Waals surface area (Å²) in [6, 6.07) is 4.46. The van der Waals surface area contributed by atoms with Gasteiger partial charge < -0.3 is 19.9 Å². The maximum Gasteiger partial charge on any atom is 0.387 e. The summed E-state index contributed by atoms with van der Waals surface area (Å²) in [5.74, 6) is 1.95. The average molecular weight is 402 g/mol. The van der Waals surface area contributed by atoms with Crippen molar-refractivity contribution in [3.8, 4) is 5.75 Å². The van der Waals surface area contributed by atoms with Gasteiger partial charge in [0, 0.05) is 43.1 Å². The Hall–Kier alpha value is -2.42. The number of aromatic nitrogens is 2. The van der Waals surface area contributed by atoms with Crippen LogP contribution in [0.4, 0.5) is 8.78 Å². The van der Waals surface area contributed by atoms with E-state index >= 15 is 0 Å². The van der Waals surface area contributed by atoms with E-state index in [-0.39, 0.29) is 18.2 Å². The molecule has 1 heterocycles. The molecule has 1 aromatic carbocycles. The van der Waals surface area contributed by atoms with Gasteiger partial charge in [0.2, 0.25) is 5.89 Å². The van der Waals surface area contributed by atoms with E-state index in [4.69, 9.17) is 16.1 Å². The minimum absolute atomic E-state index is 0.0597. The SMILES string of the molecule is CN=C(NCCc1nc(C(C)C)no1)NCc1cc(Cl)ccc1OC(F)F. The van der Waals surface area contributed by atoms with Crippen LogP contribution >= 0.6 is 11.6 Å². The van der Waals surface area contributed by atoms with Gasteiger partial charge in [-0.1, -0.05) is 30.6 Å². The summed E-state index contributed by atoms with van der Waals surface area (Å²) in [6.07, 6.45) is 0.525. The smallest absolute Gasteiger partial charge is 0.387 e. The molecule has 2 rings (SSSR count). The summed E-state index contributed by atoms with van der Waals surface area (Å²) >= 11 is 5.94. The summed E-state index contributed by atoms with van der Waals surface area (Å²) in [6.45, 7) is 1.78. The molecule has 0 spiro atoms. The van der Waals surface area contributed by atoms with Crippen molar-refractivity contribution in [1.82, 2.24) is 20.8 Å². The number of aliphatic imine (C=N–C) groups is 1. The second-order valence-electron chi connectivity index (χ2n) is 5.93. The molecule has 0 radical (unpaired) electrons. The largest absolute Gasteiger partial charge is 0.434 e. The van der Waals surface area contributed by atoms with E-state index < -0.39 is 6.61 Å². The normalized spacial score (nSPS) is 11.9. The molecule has 0 saturated carbocycles. The first kappa shape index (κ1) is 20.9. The van der Waals surface area contributed by atoms with Gasteiger partial charge in [0.15, 0.2) is 11.8 Å². The van der Waals surface area contributed by atoms with Crippen molar-refractivity contribution < 1.29 is 18.0 Å². The topological polar surface area (TPSA) is 84.6 Å². The van der Waals surface area contributed by atoms with Crippen molar-refractivity contribution >= 4 is 17.6 Å². The number of halogens is 3. The number of hydrogen-bond acceptors (Lipinski definition) is 5. The minimum atomic E-state index is -2.91. The van der Waals surface area contributed by atoms with Crippen LogP contribution in [0, 0.1) is 0 Å². The van der Waals surface area contributed by atoms with Gasteiger partial charge in [0.25, 0.3) is 0 Å². The lowest BCUT2D eigenvalue weighted by molar-refractivity contribution is -0.0504. The van der Waals surface area contributed by atoms with Crippen LogP contribution in [0.1, 0.15) is 37.0 Å². The van der Waals surface area contributed by atoms with Gasteiger partial charge in [-0.15, -0.1) is 0 Å². The van der Waals surface area contributed by atoms with E-state index in [0.717, 1.165) is 0 Å². The van der Waals surface area contributed by atoms with Gasteiger partial charge in [-0.2, -0.15) is 13.8 Å². The minimum Gasteiger partial charge on any atom is -0.434 e. The number of guanidine groups is 1. The maximum absolute atomic E-state index is 12.5. The van der Waals surface area contributed by atoms with Gasteiger partial charge in [-0.3, -0.25) is 4.99 Å². The lowest BCUT2D eigenvalue weighted by Gasteiger charge is -2.14. The lowest BCUT2D eigenvalue weighted by Crippen LogP contribution is -2.38. The standard InChI is InChI=1S/C17H22ClF2N5O2/c1-10(2)15-24-14(27-25-15)6-7-22-17(21-3)23-9-11-8-12(18)4-5-13(11)26-16(19)20/h4-5,8,10,16H,6-7,9H2,1-3H3,(H2,21,22,23). The number of alkyl halides is 2. The van der Waals surface area contributed by atoms with Crippen molar-refractivity contribution in [3.05, 3.63) is 40.5 Å². The van der Waals surface area contributed by atoms with Gasteiger partial charge in [0.1, 0.15) is 5.75 Å². The Morgan fingerprint density at radius 2 is 2.11 bits per heavy atom. The summed E-state index contributed by atoms with van der Waals surface area (Å²) in [7, 11) is 1.60. The number of benzene rings is 1. The molecular formula is C17H22ClF2N5O2. The Balaban J connectivity index is 1.87. The third-order valence-electron chi connectivity index (χ3n) is 3.54. The summed E-state index contributed by atoms with van der Waals surface area (Å²) < 4.78 is 34.7. The van der Waals surface area contributed by atoms with Crippen molar-refractivity contribution in [2.45, 2.75) is 39.3 Å². The highest BCUT2D eigenvalue weighted by atomic mass is 35.5. The Kier molecular flexibility index (Phi) is 7.78. The Morgan fingerprint density at radius 1 is 1.33 bits per heavy atom. The molecule has 0 atom stereocenters. The van der Waals surface area contributed by atoms with Crippen LogP contribution in [0.5, 0.6) is 5.75 Å². The summed E-state index contributed by atoms with van der Waals surface area (Å²) in [4.78, 5) is 8.38. The molecule has 0 unspecified atom stereocenters. The van der Waals surface area contributed by atoms with Crippen LogP contribution in [0.15, 0.2) is 27.7 Å². The number of nitrogens with zero attached hydrogens (tertiary/aromatic N) is 3. The van der Waals surface area contributed by atoms with E-state index in [0.29, 0.717) is 41.2 Å². The van der Waals surface area contributed by atoms with Crippen LogP contribution in [0.25, 0.3) is 0 Å². The van der Waals surface area contributed by atoms with Crippen LogP contribution in [-0.2, 0) is 13.0 Å². The molecule has 2 aromatic rings. The van der Waals surface area contributed by atoms with Gasteiger partial charge in [-0.25, -0.2) is 0 Å². The molecule has 7 nitrogen and oxygen atoms in total. The van der Waals surface area contributed by atoms with Crippen molar-refractivity contribution in [2.75, 3.05) is 13.6 Å². The van der Waals surface area contributed by atoms with Gasteiger partial charge in [0.05, 0.1) is 0 Å². The molecule has 0 amide bonds. The summed E-state index contributed by atoms with van der Waals surface area (Å²) in [5.41, 5.74) is 0.490.